The molecular formula is C19H39N5O2. The van der Waals surface area contributed by atoms with E-state index in [4.69, 9.17) is 9.47 Å². The number of nitrogens with zero attached hydrogens (tertiary/aromatic N) is 3. The van der Waals surface area contributed by atoms with Crippen LogP contribution in [0.5, 0.6) is 0 Å². The molecule has 7 nitrogen and oxygen atoms in total. The first-order chi connectivity index (χ1) is 12.6. The Morgan fingerprint density at radius 3 is 2.46 bits per heavy atom. The van der Waals surface area contributed by atoms with Crippen molar-refractivity contribution in [1.29, 1.82) is 0 Å². The highest BCUT2D eigenvalue weighted by Crippen LogP contribution is 2.07. The van der Waals surface area contributed by atoms with Crippen LogP contribution < -0.4 is 10.6 Å². The van der Waals surface area contributed by atoms with Gasteiger partial charge < -0.3 is 20.1 Å². The fourth-order valence-corrected chi connectivity index (χ4v) is 3.58. The second kappa shape index (κ2) is 11.7. The Hall–Kier alpha value is -0.890. The molecule has 0 saturated carbocycles. The van der Waals surface area contributed by atoms with Crippen molar-refractivity contribution in [3.8, 4) is 0 Å². The first-order valence-electron chi connectivity index (χ1n) is 10.2. The van der Waals surface area contributed by atoms with E-state index in [0.29, 0.717) is 11.8 Å². The minimum absolute atomic E-state index is 0.229. The molecule has 2 fully saturated rings. The molecule has 0 radical (unpaired) electrons. The van der Waals surface area contributed by atoms with Crippen LogP contribution in [0.4, 0.5) is 0 Å². The number of hydrogen-bond donors (Lipinski definition) is 2. The number of hydrogen-bond acceptors (Lipinski definition) is 5. The second-order valence-electron chi connectivity index (χ2n) is 8.00. The Balaban J connectivity index is 1.63. The van der Waals surface area contributed by atoms with Crippen molar-refractivity contribution in [1.82, 2.24) is 20.4 Å². The van der Waals surface area contributed by atoms with Crippen LogP contribution in [0.15, 0.2) is 4.99 Å². The maximum absolute atomic E-state index is 5.91. The number of guanidine groups is 1. The van der Waals surface area contributed by atoms with Gasteiger partial charge in [0.1, 0.15) is 0 Å². The van der Waals surface area contributed by atoms with Gasteiger partial charge in [0.2, 0.25) is 0 Å². The van der Waals surface area contributed by atoms with Crippen LogP contribution in [0.25, 0.3) is 0 Å². The van der Waals surface area contributed by atoms with E-state index in [1.54, 1.807) is 0 Å². The van der Waals surface area contributed by atoms with E-state index in [0.717, 1.165) is 78.1 Å². The molecule has 0 amide bonds. The largest absolute Gasteiger partial charge is 0.379 e. The van der Waals surface area contributed by atoms with E-state index < -0.39 is 0 Å². The summed E-state index contributed by atoms with van der Waals surface area (Å²) in [6.45, 7) is 17.5. The predicted octanol–water partition coefficient (Wildman–Crippen LogP) is 0.477. The summed E-state index contributed by atoms with van der Waals surface area (Å²) in [7, 11) is 1.83. The fourth-order valence-electron chi connectivity index (χ4n) is 3.58. The van der Waals surface area contributed by atoms with Crippen molar-refractivity contribution in [3.05, 3.63) is 0 Å². The van der Waals surface area contributed by atoms with Gasteiger partial charge in [0.25, 0.3) is 0 Å². The molecule has 0 aromatic carbocycles. The van der Waals surface area contributed by atoms with Crippen LogP contribution in [0.1, 0.15) is 20.8 Å². The highest BCUT2D eigenvalue weighted by molar-refractivity contribution is 5.79. The predicted molar refractivity (Wildman–Crippen MR) is 107 cm³/mol. The van der Waals surface area contributed by atoms with Crippen molar-refractivity contribution in [3.63, 3.8) is 0 Å². The van der Waals surface area contributed by atoms with Gasteiger partial charge in [0.15, 0.2) is 5.96 Å². The van der Waals surface area contributed by atoms with Crippen LogP contribution >= 0.6 is 0 Å². The van der Waals surface area contributed by atoms with Crippen molar-refractivity contribution in [2.45, 2.75) is 26.9 Å². The summed E-state index contributed by atoms with van der Waals surface area (Å²) < 4.78 is 11.3. The molecule has 2 atom stereocenters. The molecule has 2 N–H and O–H groups in total. The van der Waals surface area contributed by atoms with Crippen LogP contribution in [-0.2, 0) is 9.47 Å². The number of aliphatic imine (C=N–C) groups is 1. The number of morpholine rings is 2. The van der Waals surface area contributed by atoms with Crippen LogP contribution in [-0.4, -0.2) is 101 Å². The Bertz CT molecular complexity index is 413. The summed E-state index contributed by atoms with van der Waals surface area (Å²) in [6.07, 6.45) is 0.229. The van der Waals surface area contributed by atoms with E-state index in [2.05, 4.69) is 46.2 Å². The van der Waals surface area contributed by atoms with Gasteiger partial charge in [-0.3, -0.25) is 14.8 Å². The lowest BCUT2D eigenvalue weighted by molar-refractivity contribution is -0.0284. The molecule has 2 saturated heterocycles. The number of rotatable bonds is 8. The van der Waals surface area contributed by atoms with Crippen LogP contribution in [0.2, 0.25) is 0 Å². The SMILES string of the molecule is CN=C(NCC(C)CN1CCOCC1)NCC1CN(CC(C)C)CCO1. The number of nitrogens with one attached hydrogen (secondary N) is 2. The third kappa shape index (κ3) is 8.20. The smallest absolute Gasteiger partial charge is 0.191 e. The molecule has 26 heavy (non-hydrogen) atoms. The molecular weight excluding hydrogens is 330 g/mol. The summed E-state index contributed by atoms with van der Waals surface area (Å²) >= 11 is 0. The summed E-state index contributed by atoms with van der Waals surface area (Å²) in [6, 6.07) is 0. The zero-order valence-electron chi connectivity index (χ0n) is 17.2. The van der Waals surface area contributed by atoms with E-state index in [1.165, 1.54) is 0 Å². The van der Waals surface area contributed by atoms with Crippen molar-refractivity contribution in [2.75, 3.05) is 79.2 Å². The van der Waals surface area contributed by atoms with Crippen LogP contribution in [0.3, 0.4) is 0 Å². The third-order valence-electron chi connectivity index (χ3n) is 4.86. The molecule has 0 bridgehead atoms. The van der Waals surface area contributed by atoms with E-state index in [1.807, 2.05) is 7.05 Å². The van der Waals surface area contributed by atoms with Crippen LogP contribution in [0, 0.1) is 11.8 Å². The monoisotopic (exact) mass is 369 g/mol. The van der Waals surface area contributed by atoms with Gasteiger partial charge in [-0.2, -0.15) is 0 Å². The minimum atomic E-state index is 0.229. The molecule has 2 aliphatic heterocycles. The van der Waals surface area contributed by atoms with E-state index >= 15 is 0 Å². The molecule has 2 unspecified atom stereocenters. The summed E-state index contributed by atoms with van der Waals surface area (Å²) in [4.78, 5) is 9.33. The fraction of sp³-hybridized carbons (Fsp3) is 0.947. The van der Waals surface area contributed by atoms with Crippen molar-refractivity contribution >= 4 is 5.96 Å². The van der Waals surface area contributed by atoms with Crippen molar-refractivity contribution in [2.24, 2.45) is 16.8 Å². The van der Waals surface area contributed by atoms with Gasteiger partial charge in [-0.1, -0.05) is 20.8 Å². The zero-order valence-corrected chi connectivity index (χ0v) is 17.2. The molecule has 2 aliphatic rings. The standard InChI is InChI=1S/C19H39N5O2/c1-16(2)13-24-7-10-26-18(15-24)12-22-19(20-4)21-11-17(3)14-23-5-8-25-9-6-23/h16-18H,5-15H2,1-4H3,(H2,20,21,22). The molecule has 0 aliphatic carbocycles. The first-order valence-corrected chi connectivity index (χ1v) is 10.2. The second-order valence-corrected chi connectivity index (χ2v) is 8.00. The maximum atomic E-state index is 5.91. The first kappa shape index (κ1) is 21.4. The summed E-state index contributed by atoms with van der Waals surface area (Å²) in [5.41, 5.74) is 0. The van der Waals surface area contributed by atoms with Gasteiger partial charge in [-0.15, -0.1) is 0 Å². The summed E-state index contributed by atoms with van der Waals surface area (Å²) in [5, 5.41) is 6.88. The normalized spacial score (nSPS) is 24.7. The quantitative estimate of drug-likeness (QED) is 0.479. The highest BCUT2D eigenvalue weighted by Gasteiger charge is 2.21. The molecule has 0 aromatic heterocycles. The molecule has 7 heteroatoms. The Kier molecular flexibility index (Phi) is 9.67. The van der Waals surface area contributed by atoms with Gasteiger partial charge in [0, 0.05) is 59.4 Å². The van der Waals surface area contributed by atoms with Gasteiger partial charge in [0.05, 0.1) is 25.9 Å². The zero-order chi connectivity index (χ0) is 18.8. The maximum Gasteiger partial charge on any atom is 0.191 e. The van der Waals surface area contributed by atoms with Crippen molar-refractivity contribution < 1.29 is 9.47 Å². The minimum Gasteiger partial charge on any atom is -0.379 e. The molecule has 152 valence electrons. The highest BCUT2D eigenvalue weighted by atomic mass is 16.5. The lowest BCUT2D eigenvalue weighted by Crippen LogP contribution is -2.50. The molecule has 0 aromatic rings. The van der Waals surface area contributed by atoms with E-state index in [9.17, 15) is 0 Å². The Morgan fingerprint density at radius 1 is 1.04 bits per heavy atom. The van der Waals surface area contributed by atoms with Gasteiger partial charge in [-0.25, -0.2) is 0 Å². The molecule has 2 rings (SSSR count). The summed E-state index contributed by atoms with van der Waals surface area (Å²) in [5.74, 6) is 2.13. The average Bonchev–Trinajstić information content (AvgIpc) is 2.62. The van der Waals surface area contributed by atoms with Gasteiger partial charge >= 0.3 is 0 Å². The van der Waals surface area contributed by atoms with Gasteiger partial charge in [-0.05, 0) is 11.8 Å². The Morgan fingerprint density at radius 2 is 1.77 bits per heavy atom. The average molecular weight is 370 g/mol. The number of ether oxygens (including phenoxy) is 2. The molecule has 0 spiro atoms. The lowest BCUT2D eigenvalue weighted by Gasteiger charge is -2.34. The van der Waals surface area contributed by atoms with E-state index in [-0.39, 0.29) is 6.10 Å². The third-order valence-corrected chi connectivity index (χ3v) is 4.86. The Labute approximate surface area is 159 Å². The lowest BCUT2D eigenvalue weighted by atomic mass is 10.1. The molecule has 2 heterocycles. The topological polar surface area (TPSA) is 61.4 Å².